The van der Waals surface area contributed by atoms with Gasteiger partial charge in [-0.15, -0.1) is 11.8 Å². The highest BCUT2D eigenvalue weighted by Crippen LogP contribution is 2.40. The van der Waals surface area contributed by atoms with Gasteiger partial charge in [0.25, 0.3) is 0 Å². The lowest BCUT2D eigenvalue weighted by atomic mass is 9.88. The molecule has 0 aromatic heterocycles. The quantitative estimate of drug-likeness (QED) is 0.119. The number of hydrogen-bond acceptors (Lipinski definition) is 7. The van der Waals surface area contributed by atoms with Gasteiger partial charge in [0, 0.05) is 44.8 Å². The number of hydrogen-bond donors (Lipinski definition) is 1. The molecule has 2 heterocycles. The largest absolute Gasteiger partial charge is 0.469 e. The molecule has 2 saturated heterocycles. The number of rotatable bonds is 14. The molecule has 1 N–H and O–H groups in total. The van der Waals surface area contributed by atoms with Crippen molar-refractivity contribution in [1.29, 1.82) is 0 Å². The average molecular weight is 561 g/mol. The van der Waals surface area contributed by atoms with Crippen LogP contribution in [0.4, 0.5) is 0 Å². The van der Waals surface area contributed by atoms with Gasteiger partial charge in [0.15, 0.2) is 12.6 Å². The predicted octanol–water partition coefficient (Wildman–Crippen LogP) is 6.09. The fourth-order valence-electron chi connectivity index (χ4n) is 5.76. The molecule has 0 amide bonds. The molecule has 8 atom stereocenters. The SMILES string of the molecule is CCC#CCC(C)[C@@H](/C=C/[C@@H]1[C@@H](C/C=C\CCCC(=O)OC)[C@H](O)C[C@H]1OC1CCCCO1)OC1CCCCO1. The standard InChI is InChI=1S/C33H52O7/c1-4-5-8-15-25(2)29(39-32-18-11-13-22-37-32)21-20-27-26(16-9-6-7-10-17-31(35)36-3)28(34)24-30(27)40-33-19-12-14-23-38-33/h6,9,20-21,25-30,32-34H,4,7,10-19,22-24H2,1-3H3/b9-6-,21-20+/t25?,26-,27-,28-,29-,30-,32?,33?/m1/s1. The van der Waals surface area contributed by atoms with Crippen LogP contribution < -0.4 is 0 Å². The fourth-order valence-corrected chi connectivity index (χ4v) is 5.76. The van der Waals surface area contributed by atoms with Crippen molar-refractivity contribution in [2.45, 2.75) is 128 Å². The van der Waals surface area contributed by atoms with Crippen molar-refractivity contribution in [1.82, 2.24) is 0 Å². The van der Waals surface area contributed by atoms with Crippen molar-refractivity contribution < 1.29 is 33.6 Å². The van der Waals surface area contributed by atoms with E-state index in [9.17, 15) is 9.90 Å². The zero-order valence-electron chi connectivity index (χ0n) is 24.9. The molecule has 40 heavy (non-hydrogen) atoms. The van der Waals surface area contributed by atoms with Crippen LogP contribution in [0.2, 0.25) is 0 Å². The molecule has 0 aromatic rings. The summed E-state index contributed by atoms with van der Waals surface area (Å²) in [5.74, 6) is 6.57. The summed E-state index contributed by atoms with van der Waals surface area (Å²) in [5.41, 5.74) is 0. The Kier molecular flexibility index (Phi) is 15.3. The van der Waals surface area contributed by atoms with Gasteiger partial charge in [0.1, 0.15) is 0 Å². The molecule has 7 nitrogen and oxygen atoms in total. The number of unbranched alkanes of at least 4 members (excludes halogenated alkanes) is 1. The van der Waals surface area contributed by atoms with E-state index in [2.05, 4.69) is 50.0 Å². The lowest BCUT2D eigenvalue weighted by molar-refractivity contribution is -0.193. The average Bonchev–Trinajstić information content (AvgIpc) is 3.26. The number of allylic oxidation sites excluding steroid dienone is 2. The first-order valence-electron chi connectivity index (χ1n) is 15.6. The number of methoxy groups -OCH3 is 1. The smallest absolute Gasteiger partial charge is 0.305 e. The van der Waals surface area contributed by atoms with Crippen molar-refractivity contribution in [2.24, 2.45) is 17.8 Å². The van der Waals surface area contributed by atoms with Crippen molar-refractivity contribution >= 4 is 5.97 Å². The van der Waals surface area contributed by atoms with Gasteiger partial charge in [0.2, 0.25) is 0 Å². The number of esters is 1. The monoisotopic (exact) mass is 560 g/mol. The molecule has 1 aliphatic carbocycles. The first-order chi connectivity index (χ1) is 19.5. The van der Waals surface area contributed by atoms with E-state index < -0.39 is 6.10 Å². The molecular formula is C33H52O7. The van der Waals surface area contributed by atoms with Crippen LogP contribution in [-0.2, 0) is 28.5 Å². The second-order valence-corrected chi connectivity index (χ2v) is 11.4. The normalized spacial score (nSPS) is 30.7. The van der Waals surface area contributed by atoms with Gasteiger partial charge in [-0.3, -0.25) is 4.79 Å². The van der Waals surface area contributed by atoms with Gasteiger partial charge < -0.3 is 28.8 Å². The van der Waals surface area contributed by atoms with Crippen LogP contribution in [0.3, 0.4) is 0 Å². The minimum Gasteiger partial charge on any atom is -0.469 e. The molecular weight excluding hydrogens is 508 g/mol. The Hall–Kier alpha value is -1.69. The fraction of sp³-hybridized carbons (Fsp3) is 0.788. The molecule has 3 aliphatic rings. The van der Waals surface area contributed by atoms with Gasteiger partial charge in [-0.2, -0.15) is 0 Å². The number of carbonyl (C=O) groups excluding carboxylic acids is 1. The van der Waals surface area contributed by atoms with Crippen molar-refractivity contribution in [3.8, 4) is 11.8 Å². The van der Waals surface area contributed by atoms with Crippen molar-refractivity contribution in [3.05, 3.63) is 24.3 Å². The Morgan fingerprint density at radius 3 is 2.50 bits per heavy atom. The summed E-state index contributed by atoms with van der Waals surface area (Å²) in [6.07, 6.45) is 18.6. The third kappa shape index (κ3) is 11.3. The summed E-state index contributed by atoms with van der Waals surface area (Å²) in [6, 6.07) is 0. The highest BCUT2D eigenvalue weighted by Gasteiger charge is 2.42. The molecule has 3 unspecified atom stereocenters. The number of aliphatic hydroxyl groups is 1. The first-order valence-corrected chi connectivity index (χ1v) is 15.6. The summed E-state index contributed by atoms with van der Waals surface area (Å²) >= 11 is 0. The number of ether oxygens (including phenoxy) is 5. The summed E-state index contributed by atoms with van der Waals surface area (Å²) in [7, 11) is 1.42. The molecule has 1 saturated carbocycles. The van der Waals surface area contributed by atoms with E-state index in [-0.39, 0.29) is 48.5 Å². The van der Waals surface area contributed by atoms with Crippen molar-refractivity contribution in [2.75, 3.05) is 20.3 Å². The van der Waals surface area contributed by atoms with E-state index >= 15 is 0 Å². The Morgan fingerprint density at radius 2 is 1.82 bits per heavy atom. The minimum atomic E-state index is -0.461. The van der Waals surface area contributed by atoms with Gasteiger partial charge in [0.05, 0.1) is 25.4 Å². The number of aliphatic hydroxyl groups excluding tert-OH is 1. The lowest BCUT2D eigenvalue weighted by Crippen LogP contribution is -2.32. The summed E-state index contributed by atoms with van der Waals surface area (Å²) < 4.78 is 29.5. The highest BCUT2D eigenvalue weighted by atomic mass is 16.7. The Labute approximate surface area is 242 Å². The minimum absolute atomic E-state index is 0.0310. The van der Waals surface area contributed by atoms with Crippen LogP contribution in [-0.4, -0.2) is 62.3 Å². The molecule has 0 aromatic carbocycles. The third-order valence-corrected chi connectivity index (χ3v) is 8.17. The maximum atomic E-state index is 11.4. The molecule has 0 bridgehead atoms. The zero-order valence-corrected chi connectivity index (χ0v) is 24.9. The van der Waals surface area contributed by atoms with E-state index in [1.54, 1.807) is 0 Å². The Bertz CT molecular complexity index is 831. The molecule has 0 radical (unpaired) electrons. The van der Waals surface area contributed by atoms with Gasteiger partial charge in [-0.05, 0) is 69.6 Å². The maximum absolute atomic E-state index is 11.4. The summed E-state index contributed by atoms with van der Waals surface area (Å²) in [4.78, 5) is 11.4. The van der Waals surface area contributed by atoms with Crippen LogP contribution in [0.5, 0.6) is 0 Å². The molecule has 7 heteroatoms. The Morgan fingerprint density at radius 1 is 1.07 bits per heavy atom. The second kappa shape index (κ2) is 18.7. The van der Waals surface area contributed by atoms with E-state index in [0.717, 1.165) is 83.8 Å². The van der Waals surface area contributed by atoms with Crippen LogP contribution in [0, 0.1) is 29.6 Å². The van der Waals surface area contributed by atoms with E-state index in [0.29, 0.717) is 12.8 Å². The van der Waals surface area contributed by atoms with E-state index in [4.69, 9.17) is 23.7 Å². The first kappa shape index (κ1) is 32.8. The number of carbonyl (C=O) groups is 1. The second-order valence-electron chi connectivity index (χ2n) is 11.4. The Balaban J connectivity index is 1.72. The van der Waals surface area contributed by atoms with Crippen LogP contribution in [0.25, 0.3) is 0 Å². The summed E-state index contributed by atoms with van der Waals surface area (Å²) in [6.45, 7) is 5.72. The molecule has 226 valence electrons. The van der Waals surface area contributed by atoms with Gasteiger partial charge in [-0.25, -0.2) is 0 Å². The highest BCUT2D eigenvalue weighted by molar-refractivity contribution is 5.69. The van der Waals surface area contributed by atoms with Gasteiger partial charge in [-0.1, -0.05) is 38.2 Å². The summed E-state index contributed by atoms with van der Waals surface area (Å²) in [5, 5.41) is 11.1. The molecule has 3 rings (SSSR count). The predicted molar refractivity (Wildman–Crippen MR) is 155 cm³/mol. The maximum Gasteiger partial charge on any atom is 0.305 e. The lowest BCUT2D eigenvalue weighted by Gasteiger charge is -2.31. The van der Waals surface area contributed by atoms with Gasteiger partial charge >= 0.3 is 5.97 Å². The molecule has 3 fully saturated rings. The zero-order chi connectivity index (χ0) is 28.6. The van der Waals surface area contributed by atoms with Crippen LogP contribution in [0.15, 0.2) is 24.3 Å². The van der Waals surface area contributed by atoms with Crippen LogP contribution >= 0.6 is 0 Å². The van der Waals surface area contributed by atoms with Crippen LogP contribution in [0.1, 0.15) is 97.3 Å². The van der Waals surface area contributed by atoms with E-state index in [1.165, 1.54) is 7.11 Å². The topological polar surface area (TPSA) is 83.5 Å². The van der Waals surface area contributed by atoms with E-state index in [1.807, 2.05) is 0 Å². The molecule has 2 aliphatic heterocycles. The van der Waals surface area contributed by atoms with Crippen molar-refractivity contribution in [3.63, 3.8) is 0 Å². The third-order valence-electron chi connectivity index (χ3n) is 8.17. The molecule has 0 spiro atoms.